The van der Waals surface area contributed by atoms with Crippen molar-refractivity contribution >= 4 is 39.5 Å². The van der Waals surface area contributed by atoms with Crippen LogP contribution in [0, 0.1) is 23.7 Å². The molecule has 0 saturated heterocycles. The van der Waals surface area contributed by atoms with Crippen LogP contribution in [0.1, 0.15) is 383 Å². The molecule has 0 rings (SSSR count). The van der Waals surface area contributed by atoms with Crippen LogP contribution in [-0.2, 0) is 65.4 Å². The topological polar surface area (TPSA) is 237 Å². The Morgan fingerprint density at radius 1 is 0.295 bits per heavy atom. The van der Waals surface area contributed by atoms with E-state index >= 15 is 0 Å². The maximum Gasteiger partial charge on any atom is 0.472 e. The fourth-order valence-electron chi connectivity index (χ4n) is 11.5. The summed E-state index contributed by atoms with van der Waals surface area (Å²) in [5.74, 6) is 0.898. The quantitative estimate of drug-likeness (QED) is 0.0222. The molecule has 0 heterocycles. The molecule has 4 unspecified atom stereocenters. The fourth-order valence-corrected chi connectivity index (χ4v) is 13.1. The van der Waals surface area contributed by atoms with Crippen molar-refractivity contribution in [2.45, 2.75) is 401 Å². The van der Waals surface area contributed by atoms with Crippen molar-refractivity contribution in [1.82, 2.24) is 0 Å². The van der Waals surface area contributed by atoms with Gasteiger partial charge in [0.2, 0.25) is 0 Å². The number of aliphatic hydroxyl groups excluding tert-OH is 1. The fraction of sp³-hybridized carbons (Fsp3) is 0.947. The van der Waals surface area contributed by atoms with Gasteiger partial charge in [0.1, 0.15) is 19.3 Å². The first-order valence-corrected chi connectivity index (χ1v) is 42.2. The number of rotatable bonds is 73. The van der Waals surface area contributed by atoms with Gasteiger partial charge < -0.3 is 33.8 Å². The first-order chi connectivity index (χ1) is 45.6. The Hall–Kier alpha value is -1.94. The number of esters is 4. The van der Waals surface area contributed by atoms with Crippen LogP contribution in [0.4, 0.5) is 0 Å². The molecule has 0 bridgehead atoms. The molecule has 0 amide bonds. The monoisotopic (exact) mass is 1400 g/mol. The Morgan fingerprint density at radius 2 is 0.505 bits per heavy atom. The second-order valence-electron chi connectivity index (χ2n) is 29.1. The number of unbranched alkanes of at least 4 members (excludes halogenated alkanes) is 38. The van der Waals surface area contributed by atoms with E-state index in [4.69, 9.17) is 37.0 Å². The third kappa shape index (κ3) is 69.0. The van der Waals surface area contributed by atoms with Crippen LogP contribution in [0.5, 0.6) is 0 Å². The summed E-state index contributed by atoms with van der Waals surface area (Å²) >= 11 is 0. The van der Waals surface area contributed by atoms with Crippen molar-refractivity contribution in [3.05, 3.63) is 0 Å². The molecule has 0 aliphatic carbocycles. The van der Waals surface area contributed by atoms with Gasteiger partial charge in [-0.25, -0.2) is 9.13 Å². The predicted molar refractivity (Wildman–Crippen MR) is 386 cm³/mol. The lowest BCUT2D eigenvalue weighted by molar-refractivity contribution is -0.161. The molecule has 0 radical (unpaired) electrons. The first-order valence-electron chi connectivity index (χ1n) is 39.2. The largest absolute Gasteiger partial charge is 0.472 e. The molecule has 0 aliphatic rings. The van der Waals surface area contributed by atoms with Gasteiger partial charge in [0.15, 0.2) is 12.2 Å². The maximum atomic E-state index is 13.1. The molecule has 0 aromatic rings. The van der Waals surface area contributed by atoms with E-state index in [0.29, 0.717) is 31.6 Å². The number of carbonyl (C=O) groups excluding carboxylic acids is 4. The zero-order valence-electron chi connectivity index (χ0n) is 62.3. The normalized spacial score (nSPS) is 14.4. The average Bonchev–Trinajstić information content (AvgIpc) is 1.70. The minimum absolute atomic E-state index is 0.101. The van der Waals surface area contributed by atoms with E-state index in [1.165, 1.54) is 186 Å². The SMILES string of the molecule is CCC(C)CCCCCCCCCCCCCCCCCCCCC(=O)O[C@H](COC(=O)CCCCCCCCCCCCC(C)C)COP(=O)(O)OCC(O)COP(=O)(O)OC[C@@H](COC(=O)CCCCCCCCCCC(C)C)OC(=O)CCCCCCCCC(C)C. The van der Waals surface area contributed by atoms with Gasteiger partial charge >= 0.3 is 39.5 Å². The van der Waals surface area contributed by atoms with E-state index in [1.807, 2.05) is 0 Å². The second kappa shape index (κ2) is 65.4. The molecule has 95 heavy (non-hydrogen) atoms. The second-order valence-corrected chi connectivity index (χ2v) is 32.0. The minimum atomic E-state index is -4.96. The van der Waals surface area contributed by atoms with Gasteiger partial charge in [0, 0.05) is 25.7 Å². The summed E-state index contributed by atoms with van der Waals surface area (Å²) in [4.78, 5) is 72.7. The lowest BCUT2D eigenvalue weighted by Crippen LogP contribution is -2.30. The number of hydrogen-bond acceptors (Lipinski definition) is 15. The molecule has 0 fully saturated rings. The van der Waals surface area contributed by atoms with E-state index < -0.39 is 97.5 Å². The summed E-state index contributed by atoms with van der Waals surface area (Å²) in [5, 5.41) is 10.6. The molecule has 17 nitrogen and oxygen atoms in total. The van der Waals surface area contributed by atoms with Crippen LogP contribution in [0.25, 0.3) is 0 Å². The van der Waals surface area contributed by atoms with Gasteiger partial charge in [-0.05, 0) is 49.4 Å². The van der Waals surface area contributed by atoms with E-state index in [-0.39, 0.29) is 25.7 Å². The lowest BCUT2D eigenvalue weighted by Gasteiger charge is -2.21. The molecule has 6 atom stereocenters. The molecule has 564 valence electrons. The number of ether oxygens (including phenoxy) is 4. The van der Waals surface area contributed by atoms with Crippen LogP contribution in [0.15, 0.2) is 0 Å². The lowest BCUT2D eigenvalue weighted by atomic mass is 9.99. The summed E-state index contributed by atoms with van der Waals surface area (Å²) in [6, 6.07) is 0. The van der Waals surface area contributed by atoms with Gasteiger partial charge in [-0.1, -0.05) is 331 Å². The molecule has 19 heteroatoms. The Morgan fingerprint density at radius 3 is 0.747 bits per heavy atom. The highest BCUT2D eigenvalue weighted by molar-refractivity contribution is 7.47. The highest BCUT2D eigenvalue weighted by Crippen LogP contribution is 2.45. The van der Waals surface area contributed by atoms with Gasteiger partial charge in [-0.3, -0.25) is 37.3 Å². The number of hydrogen-bond donors (Lipinski definition) is 3. The van der Waals surface area contributed by atoms with Crippen molar-refractivity contribution < 1.29 is 80.2 Å². The molecular weight excluding hydrogens is 1250 g/mol. The molecule has 0 saturated carbocycles. The smallest absolute Gasteiger partial charge is 0.462 e. The van der Waals surface area contributed by atoms with Crippen LogP contribution in [-0.4, -0.2) is 96.7 Å². The number of phosphoric acid groups is 2. The Balaban J connectivity index is 5.17. The van der Waals surface area contributed by atoms with E-state index in [0.717, 1.165) is 108 Å². The summed E-state index contributed by atoms with van der Waals surface area (Å²) in [6.07, 6.45) is 50.3. The zero-order valence-corrected chi connectivity index (χ0v) is 64.1. The average molecular weight is 1400 g/mol. The van der Waals surface area contributed by atoms with Crippen molar-refractivity contribution in [2.75, 3.05) is 39.6 Å². The molecule has 0 aromatic carbocycles. The number of aliphatic hydroxyl groups is 1. The van der Waals surface area contributed by atoms with Crippen LogP contribution < -0.4 is 0 Å². The van der Waals surface area contributed by atoms with Crippen molar-refractivity contribution in [3.63, 3.8) is 0 Å². The third-order valence-corrected chi connectivity index (χ3v) is 19.8. The number of phosphoric ester groups is 2. The summed E-state index contributed by atoms with van der Waals surface area (Å²) in [7, 11) is -9.91. The summed E-state index contributed by atoms with van der Waals surface area (Å²) < 4.78 is 68.4. The Bertz CT molecular complexity index is 1870. The van der Waals surface area contributed by atoms with Gasteiger partial charge in [0.25, 0.3) is 0 Å². The van der Waals surface area contributed by atoms with Gasteiger partial charge in [0.05, 0.1) is 26.4 Å². The standard InChI is InChI=1S/C76H148O17P2/c1-9-69(8)55-47-39-30-23-18-16-14-12-10-11-13-15-17-19-25-33-42-50-58-75(80)92-71(62-86-73(78)56-48-40-31-24-21-20-22-28-36-44-52-66(2)3)64-90-94(82,83)88-60-70(77)61-89-95(84,85)91-65-72(93-76(81)59-51-43-35-34-38-46-54-68(6)7)63-87-74(79)57-49-41-32-27-26-29-37-45-53-67(4)5/h66-72,77H,9-65H2,1-8H3,(H,82,83)(H,84,85)/t69?,70?,71-,72-/m1/s1. The summed E-state index contributed by atoms with van der Waals surface area (Å²) in [5.41, 5.74) is 0. The third-order valence-electron chi connectivity index (χ3n) is 17.9. The van der Waals surface area contributed by atoms with Crippen molar-refractivity contribution in [2.24, 2.45) is 23.7 Å². The first kappa shape index (κ1) is 93.1. The maximum absolute atomic E-state index is 13.1. The van der Waals surface area contributed by atoms with Gasteiger partial charge in [-0.15, -0.1) is 0 Å². The molecule has 0 aliphatic heterocycles. The predicted octanol–water partition coefficient (Wildman–Crippen LogP) is 22.0. The highest BCUT2D eigenvalue weighted by atomic mass is 31.2. The zero-order chi connectivity index (χ0) is 70.3. The Labute approximate surface area is 581 Å². The van der Waals surface area contributed by atoms with Crippen molar-refractivity contribution in [1.29, 1.82) is 0 Å². The van der Waals surface area contributed by atoms with Crippen LogP contribution in [0.3, 0.4) is 0 Å². The molecule has 0 aromatic heterocycles. The van der Waals surface area contributed by atoms with Crippen LogP contribution >= 0.6 is 15.6 Å². The highest BCUT2D eigenvalue weighted by Gasteiger charge is 2.30. The summed E-state index contributed by atoms with van der Waals surface area (Å²) in [6.45, 7) is 14.1. The number of carbonyl (C=O) groups is 4. The molecule has 3 N–H and O–H groups in total. The Kier molecular flexibility index (Phi) is 64.0. The molecule has 0 spiro atoms. The molecular formula is C76H148O17P2. The van der Waals surface area contributed by atoms with E-state index in [9.17, 15) is 43.2 Å². The minimum Gasteiger partial charge on any atom is -0.462 e. The van der Waals surface area contributed by atoms with Gasteiger partial charge in [-0.2, -0.15) is 0 Å². The van der Waals surface area contributed by atoms with Crippen molar-refractivity contribution in [3.8, 4) is 0 Å². The van der Waals surface area contributed by atoms with E-state index in [2.05, 4.69) is 55.4 Å². The van der Waals surface area contributed by atoms with E-state index in [1.54, 1.807) is 0 Å². The van der Waals surface area contributed by atoms with Crippen LogP contribution in [0.2, 0.25) is 0 Å².